The molecule has 1 aromatic carbocycles. The van der Waals surface area contributed by atoms with Gasteiger partial charge in [-0.05, 0) is 41.0 Å². The second-order valence-electron chi connectivity index (χ2n) is 6.21. The van der Waals surface area contributed by atoms with Crippen molar-refractivity contribution in [3.63, 3.8) is 0 Å². The molecule has 0 unspecified atom stereocenters. The molecule has 0 bridgehead atoms. The molecule has 0 saturated carbocycles. The van der Waals surface area contributed by atoms with Crippen LogP contribution in [0.15, 0.2) is 73.3 Å². The van der Waals surface area contributed by atoms with Crippen LogP contribution in [0, 0.1) is 0 Å². The van der Waals surface area contributed by atoms with Crippen molar-refractivity contribution in [2.24, 2.45) is 0 Å². The van der Waals surface area contributed by atoms with E-state index in [4.69, 9.17) is 2.74 Å². The Bertz CT molecular complexity index is 1200. The fourth-order valence-electron chi connectivity index (χ4n) is 3.18. The van der Waals surface area contributed by atoms with Crippen LogP contribution in [0.2, 0.25) is 0 Å². The standard InChI is InChI=1S/C21H16N4O/c26-21-18-2-1-8-22-19(18)14-25(21)13-15-3-5-16(6-4-15)17-7-10-24-11-9-23-20(24)12-17/h1-12H,13-14H2/i14D2. The first-order valence-electron chi connectivity index (χ1n) is 9.33. The topological polar surface area (TPSA) is 50.5 Å². The van der Waals surface area contributed by atoms with E-state index in [2.05, 4.69) is 9.97 Å². The number of amides is 1. The second kappa shape index (κ2) is 5.81. The SMILES string of the molecule is [2H]C1([2H])c2ncccc2C(=O)N1Cc1ccc(-c2ccn3ccnc3c2)cc1. The van der Waals surface area contributed by atoms with Crippen molar-refractivity contribution in [3.8, 4) is 11.1 Å². The molecule has 0 spiro atoms. The molecule has 4 heterocycles. The first kappa shape index (κ1) is 12.8. The van der Waals surface area contributed by atoms with Crippen molar-refractivity contribution in [1.29, 1.82) is 0 Å². The van der Waals surface area contributed by atoms with E-state index in [1.54, 1.807) is 18.3 Å². The first-order chi connectivity index (χ1) is 13.5. The van der Waals surface area contributed by atoms with E-state index in [1.807, 2.05) is 53.2 Å². The minimum Gasteiger partial charge on any atom is -0.328 e. The van der Waals surface area contributed by atoms with Crippen LogP contribution in [-0.4, -0.2) is 25.2 Å². The molecule has 5 nitrogen and oxygen atoms in total. The second-order valence-corrected chi connectivity index (χ2v) is 6.21. The summed E-state index contributed by atoms with van der Waals surface area (Å²) in [4.78, 5) is 22.3. The summed E-state index contributed by atoms with van der Waals surface area (Å²) >= 11 is 0. The quantitative estimate of drug-likeness (QED) is 0.572. The van der Waals surface area contributed by atoms with E-state index in [1.165, 1.54) is 11.1 Å². The Hall–Kier alpha value is -3.47. The van der Waals surface area contributed by atoms with Gasteiger partial charge in [0.1, 0.15) is 5.65 Å². The van der Waals surface area contributed by atoms with Crippen LogP contribution in [0.25, 0.3) is 16.8 Å². The smallest absolute Gasteiger partial charge is 0.256 e. The zero-order valence-corrected chi connectivity index (χ0v) is 13.8. The maximum absolute atomic E-state index is 12.6. The zero-order chi connectivity index (χ0) is 19.3. The number of hydrogen-bond acceptors (Lipinski definition) is 3. The summed E-state index contributed by atoms with van der Waals surface area (Å²) in [6.45, 7) is -1.74. The fraction of sp³-hybridized carbons (Fsp3) is 0.0952. The highest BCUT2D eigenvalue weighted by atomic mass is 16.2. The van der Waals surface area contributed by atoms with E-state index in [0.717, 1.165) is 22.3 Å². The molecule has 26 heavy (non-hydrogen) atoms. The monoisotopic (exact) mass is 342 g/mol. The molecule has 0 fully saturated rings. The number of imidazole rings is 1. The van der Waals surface area contributed by atoms with Crippen molar-refractivity contribution >= 4 is 11.6 Å². The third-order valence-corrected chi connectivity index (χ3v) is 4.55. The van der Waals surface area contributed by atoms with E-state index in [0.29, 0.717) is 5.56 Å². The Morgan fingerprint density at radius 1 is 1.00 bits per heavy atom. The van der Waals surface area contributed by atoms with Gasteiger partial charge in [-0.15, -0.1) is 0 Å². The highest BCUT2D eigenvalue weighted by molar-refractivity contribution is 5.97. The number of nitrogens with zero attached hydrogens (tertiary/aromatic N) is 4. The van der Waals surface area contributed by atoms with Crippen molar-refractivity contribution in [1.82, 2.24) is 19.3 Å². The molecule has 0 atom stereocenters. The largest absolute Gasteiger partial charge is 0.328 e. The van der Waals surface area contributed by atoms with Crippen molar-refractivity contribution in [3.05, 3.63) is 90.1 Å². The molecule has 0 aliphatic carbocycles. The van der Waals surface area contributed by atoms with Crippen LogP contribution in [0.4, 0.5) is 0 Å². The molecule has 1 amide bonds. The minimum absolute atomic E-state index is 0.182. The first-order valence-corrected chi connectivity index (χ1v) is 8.33. The van der Waals surface area contributed by atoms with Crippen LogP contribution in [0.5, 0.6) is 0 Å². The number of rotatable bonds is 3. The molecular weight excluding hydrogens is 324 g/mol. The number of pyridine rings is 2. The lowest BCUT2D eigenvalue weighted by Crippen LogP contribution is -2.23. The molecule has 4 aromatic rings. The lowest BCUT2D eigenvalue weighted by Gasteiger charge is -2.15. The summed E-state index contributed by atoms with van der Waals surface area (Å²) in [6.07, 6.45) is 7.14. The van der Waals surface area contributed by atoms with Gasteiger partial charge in [0.15, 0.2) is 0 Å². The van der Waals surface area contributed by atoms with Crippen LogP contribution in [-0.2, 0) is 13.0 Å². The summed E-state index contributed by atoms with van der Waals surface area (Å²) in [6, 6.07) is 15.1. The highest BCUT2D eigenvalue weighted by Gasteiger charge is 2.27. The van der Waals surface area contributed by atoms with Crippen molar-refractivity contribution in [2.75, 3.05) is 0 Å². The normalized spacial score (nSPS) is 16.5. The third kappa shape index (κ3) is 2.45. The Kier molecular flexibility index (Phi) is 2.87. The molecule has 0 N–H and O–H groups in total. The van der Waals surface area contributed by atoms with Crippen LogP contribution >= 0.6 is 0 Å². The number of fused-ring (bicyclic) bond motifs is 2. The summed E-state index contributed by atoms with van der Waals surface area (Å²) in [5.41, 5.74) is 4.34. The molecule has 0 radical (unpaired) electrons. The molecule has 1 aliphatic rings. The van der Waals surface area contributed by atoms with Gasteiger partial charge in [-0.3, -0.25) is 9.78 Å². The van der Waals surface area contributed by atoms with Gasteiger partial charge < -0.3 is 9.30 Å². The number of benzene rings is 1. The van der Waals surface area contributed by atoms with E-state index < -0.39 is 6.50 Å². The van der Waals surface area contributed by atoms with Crippen molar-refractivity contribution in [2.45, 2.75) is 13.0 Å². The third-order valence-electron chi connectivity index (χ3n) is 4.55. The fourth-order valence-corrected chi connectivity index (χ4v) is 3.18. The maximum atomic E-state index is 12.6. The Labute approximate surface area is 153 Å². The predicted molar refractivity (Wildman–Crippen MR) is 98.4 cm³/mol. The highest BCUT2D eigenvalue weighted by Crippen LogP contribution is 2.24. The summed E-state index contributed by atoms with van der Waals surface area (Å²) in [7, 11) is 0. The Balaban J connectivity index is 1.42. The molecule has 1 aliphatic heterocycles. The average Bonchev–Trinajstić information content (AvgIpc) is 3.26. The van der Waals surface area contributed by atoms with Gasteiger partial charge in [0.2, 0.25) is 0 Å². The predicted octanol–water partition coefficient (Wildman–Crippen LogP) is 3.55. The van der Waals surface area contributed by atoms with E-state index >= 15 is 0 Å². The number of carbonyl (C=O) groups is 1. The van der Waals surface area contributed by atoms with Gasteiger partial charge in [-0.25, -0.2) is 4.98 Å². The molecule has 3 aromatic heterocycles. The zero-order valence-electron chi connectivity index (χ0n) is 15.8. The van der Waals surface area contributed by atoms with Crippen LogP contribution in [0.3, 0.4) is 0 Å². The molecule has 5 rings (SSSR count). The number of aromatic nitrogens is 3. The molecule has 126 valence electrons. The van der Waals surface area contributed by atoms with Gasteiger partial charge in [-0.2, -0.15) is 0 Å². The lowest BCUT2D eigenvalue weighted by molar-refractivity contribution is 0.0766. The summed E-state index contributed by atoms with van der Waals surface area (Å²) in [5.74, 6) is -0.332. The summed E-state index contributed by atoms with van der Waals surface area (Å²) < 4.78 is 18.6. The van der Waals surface area contributed by atoms with E-state index in [9.17, 15) is 4.79 Å². The Morgan fingerprint density at radius 3 is 2.73 bits per heavy atom. The average molecular weight is 342 g/mol. The number of hydrogen-bond donors (Lipinski definition) is 0. The van der Waals surface area contributed by atoms with Gasteiger partial charge >= 0.3 is 0 Å². The van der Waals surface area contributed by atoms with Gasteiger partial charge in [-0.1, -0.05) is 24.3 Å². The minimum atomic E-state index is -1.92. The van der Waals surface area contributed by atoms with Crippen molar-refractivity contribution < 1.29 is 7.54 Å². The van der Waals surface area contributed by atoms with Gasteiger partial charge in [0.25, 0.3) is 5.91 Å². The van der Waals surface area contributed by atoms with Gasteiger partial charge in [0.05, 0.1) is 20.5 Å². The van der Waals surface area contributed by atoms with E-state index in [-0.39, 0.29) is 18.1 Å². The molecular formula is C21H16N4O. The van der Waals surface area contributed by atoms with Crippen LogP contribution in [0.1, 0.15) is 24.4 Å². The van der Waals surface area contributed by atoms with Crippen LogP contribution < -0.4 is 0 Å². The summed E-state index contributed by atoms with van der Waals surface area (Å²) in [5, 5.41) is 0. The molecule has 0 saturated heterocycles. The molecule has 5 heteroatoms. The maximum Gasteiger partial charge on any atom is 0.256 e. The van der Waals surface area contributed by atoms with Gasteiger partial charge in [0, 0.05) is 31.3 Å². The number of carbonyl (C=O) groups excluding carboxylic acids is 1. The lowest BCUT2D eigenvalue weighted by atomic mass is 10.0. The Morgan fingerprint density at radius 2 is 1.88 bits per heavy atom.